The lowest BCUT2D eigenvalue weighted by atomic mass is 9.74. The maximum atomic E-state index is 13.4. The van der Waals surface area contributed by atoms with Crippen LogP contribution in [0.4, 0.5) is 0 Å². The van der Waals surface area contributed by atoms with Crippen molar-refractivity contribution in [1.29, 1.82) is 0 Å². The smallest absolute Gasteiger partial charge is 0.254 e. The minimum absolute atomic E-state index is 0.0834. The van der Waals surface area contributed by atoms with Gasteiger partial charge in [-0.3, -0.25) is 4.79 Å². The molecule has 3 nitrogen and oxygen atoms in total. The van der Waals surface area contributed by atoms with Gasteiger partial charge in [0.15, 0.2) is 0 Å². The van der Waals surface area contributed by atoms with Crippen LogP contribution < -0.4 is 0 Å². The molecule has 0 atom stereocenters. The molecule has 1 amide bonds. The predicted octanol–water partition coefficient (Wildman–Crippen LogP) is 5.12. The Balaban J connectivity index is 1.52. The number of hydrogen-bond acceptors (Lipinski definition) is 2. The van der Waals surface area contributed by atoms with E-state index in [9.17, 15) is 9.90 Å². The van der Waals surface area contributed by atoms with Crippen molar-refractivity contribution in [3.8, 4) is 11.1 Å². The first-order valence-electron chi connectivity index (χ1n) is 10.7. The molecular weight excluding hydrogens is 370 g/mol. The monoisotopic (exact) mass is 399 g/mol. The molecule has 0 aromatic heterocycles. The standard InChI is InChI=1S/C27H29NO2/c1-21-9-5-6-12-23(21)24-13-7-8-14-25(24)26(30)28-17-15-27(20-29,16-18-28)19-22-10-3-2-4-11-22/h2-14,29H,15-20H2,1H3. The predicted molar refractivity (Wildman–Crippen MR) is 121 cm³/mol. The molecule has 0 saturated carbocycles. The number of aliphatic hydroxyl groups excluding tert-OH is 1. The van der Waals surface area contributed by atoms with Gasteiger partial charge in [-0.25, -0.2) is 0 Å². The number of carbonyl (C=O) groups excluding carboxylic acids is 1. The minimum Gasteiger partial charge on any atom is -0.396 e. The van der Waals surface area contributed by atoms with Gasteiger partial charge in [0.1, 0.15) is 0 Å². The van der Waals surface area contributed by atoms with Crippen LogP contribution in [0.5, 0.6) is 0 Å². The summed E-state index contributed by atoms with van der Waals surface area (Å²) in [7, 11) is 0. The van der Waals surface area contributed by atoms with Gasteiger partial charge in [0, 0.05) is 30.7 Å². The molecule has 0 unspecified atom stereocenters. The summed E-state index contributed by atoms with van der Waals surface area (Å²) in [6.45, 7) is 3.59. The van der Waals surface area contributed by atoms with Gasteiger partial charge in [0.05, 0.1) is 0 Å². The Bertz CT molecular complexity index is 1000. The first-order chi connectivity index (χ1) is 14.6. The van der Waals surface area contributed by atoms with E-state index < -0.39 is 0 Å². The van der Waals surface area contributed by atoms with Crippen molar-refractivity contribution >= 4 is 5.91 Å². The van der Waals surface area contributed by atoms with Crippen LogP contribution in [0.15, 0.2) is 78.9 Å². The molecule has 154 valence electrons. The summed E-state index contributed by atoms with van der Waals surface area (Å²) in [5.74, 6) is 0.0834. The van der Waals surface area contributed by atoms with Gasteiger partial charge in [-0.15, -0.1) is 0 Å². The lowest BCUT2D eigenvalue weighted by Crippen LogP contribution is -2.45. The molecule has 1 saturated heterocycles. The Morgan fingerprint density at radius 3 is 2.13 bits per heavy atom. The lowest BCUT2D eigenvalue weighted by Gasteiger charge is -2.41. The molecule has 1 fully saturated rings. The minimum atomic E-state index is -0.145. The van der Waals surface area contributed by atoms with Crippen LogP contribution in [0.25, 0.3) is 11.1 Å². The van der Waals surface area contributed by atoms with Gasteiger partial charge in [-0.2, -0.15) is 0 Å². The number of benzene rings is 3. The highest BCUT2D eigenvalue weighted by Gasteiger charge is 2.36. The molecule has 0 bridgehead atoms. The maximum Gasteiger partial charge on any atom is 0.254 e. The van der Waals surface area contributed by atoms with Crippen molar-refractivity contribution in [3.05, 3.63) is 95.6 Å². The second-order valence-electron chi connectivity index (χ2n) is 8.47. The summed E-state index contributed by atoms with van der Waals surface area (Å²) in [5, 5.41) is 10.2. The lowest BCUT2D eigenvalue weighted by molar-refractivity contribution is 0.0359. The Hall–Kier alpha value is -2.91. The molecule has 1 aliphatic heterocycles. The Kier molecular flexibility index (Phi) is 6.01. The van der Waals surface area contributed by atoms with E-state index in [1.807, 2.05) is 59.5 Å². The average molecular weight is 400 g/mol. The number of likely N-dealkylation sites (tertiary alicyclic amines) is 1. The summed E-state index contributed by atoms with van der Waals surface area (Å²) in [4.78, 5) is 15.4. The van der Waals surface area contributed by atoms with Gasteiger partial charge in [-0.05, 0) is 54.5 Å². The number of rotatable bonds is 5. The van der Waals surface area contributed by atoms with Gasteiger partial charge in [0.25, 0.3) is 5.91 Å². The van der Waals surface area contributed by atoms with Gasteiger partial charge in [0.2, 0.25) is 0 Å². The van der Waals surface area contributed by atoms with Crippen LogP contribution >= 0.6 is 0 Å². The second kappa shape index (κ2) is 8.85. The van der Waals surface area contributed by atoms with E-state index in [1.54, 1.807) is 0 Å². The summed E-state index contributed by atoms with van der Waals surface area (Å²) in [6.07, 6.45) is 2.49. The molecule has 1 heterocycles. The van der Waals surface area contributed by atoms with E-state index in [2.05, 4.69) is 31.2 Å². The Morgan fingerprint density at radius 2 is 1.47 bits per heavy atom. The number of aliphatic hydroxyl groups is 1. The molecule has 1 N–H and O–H groups in total. The fourth-order valence-electron chi connectivity index (χ4n) is 4.55. The number of aryl methyl sites for hydroxylation is 1. The van der Waals surface area contributed by atoms with E-state index >= 15 is 0 Å². The highest BCUT2D eigenvalue weighted by Crippen LogP contribution is 2.36. The summed E-state index contributed by atoms with van der Waals surface area (Å²) in [5.41, 5.74) is 5.12. The van der Waals surface area contributed by atoms with Crippen molar-refractivity contribution < 1.29 is 9.90 Å². The summed E-state index contributed by atoms with van der Waals surface area (Å²) >= 11 is 0. The van der Waals surface area contributed by atoms with Gasteiger partial charge < -0.3 is 10.0 Å². The van der Waals surface area contributed by atoms with Gasteiger partial charge >= 0.3 is 0 Å². The van der Waals surface area contributed by atoms with E-state index in [-0.39, 0.29) is 17.9 Å². The number of carbonyl (C=O) groups is 1. The fourth-order valence-corrected chi connectivity index (χ4v) is 4.55. The number of piperidine rings is 1. The molecule has 3 aromatic rings. The van der Waals surface area contributed by atoms with Gasteiger partial charge in [-0.1, -0.05) is 72.8 Å². The first-order valence-corrected chi connectivity index (χ1v) is 10.7. The van der Waals surface area contributed by atoms with E-state index in [1.165, 1.54) is 11.1 Å². The molecule has 3 heteroatoms. The largest absolute Gasteiger partial charge is 0.396 e. The average Bonchev–Trinajstić information content (AvgIpc) is 2.80. The molecule has 4 rings (SSSR count). The van der Waals surface area contributed by atoms with Crippen LogP contribution in [0, 0.1) is 12.3 Å². The third-order valence-electron chi connectivity index (χ3n) is 6.46. The third-order valence-corrected chi connectivity index (χ3v) is 6.46. The summed E-state index contributed by atoms with van der Waals surface area (Å²) in [6, 6.07) is 26.4. The molecule has 1 aliphatic rings. The molecular formula is C27H29NO2. The number of amides is 1. The van der Waals surface area contributed by atoms with Crippen molar-refractivity contribution in [1.82, 2.24) is 4.90 Å². The Morgan fingerprint density at radius 1 is 0.867 bits per heavy atom. The summed E-state index contributed by atoms with van der Waals surface area (Å²) < 4.78 is 0. The number of hydrogen-bond donors (Lipinski definition) is 1. The molecule has 0 aliphatic carbocycles. The van der Waals surface area contributed by atoms with E-state index in [0.717, 1.165) is 36.0 Å². The van der Waals surface area contributed by atoms with Crippen LogP contribution in [0.1, 0.15) is 34.3 Å². The van der Waals surface area contributed by atoms with Crippen LogP contribution in [0.2, 0.25) is 0 Å². The van der Waals surface area contributed by atoms with Crippen LogP contribution in [-0.2, 0) is 6.42 Å². The zero-order chi connectivity index (χ0) is 21.0. The normalized spacial score (nSPS) is 15.7. The van der Waals surface area contributed by atoms with Crippen molar-refractivity contribution in [2.75, 3.05) is 19.7 Å². The zero-order valence-electron chi connectivity index (χ0n) is 17.6. The van der Waals surface area contributed by atoms with Crippen molar-refractivity contribution in [2.24, 2.45) is 5.41 Å². The third kappa shape index (κ3) is 4.17. The van der Waals surface area contributed by atoms with E-state index in [4.69, 9.17) is 0 Å². The number of nitrogens with zero attached hydrogens (tertiary/aromatic N) is 1. The maximum absolute atomic E-state index is 13.4. The fraction of sp³-hybridized carbons (Fsp3) is 0.296. The van der Waals surface area contributed by atoms with Crippen LogP contribution in [-0.4, -0.2) is 35.6 Å². The highest BCUT2D eigenvalue weighted by atomic mass is 16.3. The quantitative estimate of drug-likeness (QED) is 0.647. The molecule has 30 heavy (non-hydrogen) atoms. The first kappa shape index (κ1) is 20.4. The van der Waals surface area contributed by atoms with E-state index in [0.29, 0.717) is 13.1 Å². The van der Waals surface area contributed by atoms with Crippen LogP contribution in [0.3, 0.4) is 0 Å². The topological polar surface area (TPSA) is 40.5 Å². The SMILES string of the molecule is Cc1ccccc1-c1ccccc1C(=O)N1CCC(CO)(Cc2ccccc2)CC1. The zero-order valence-corrected chi connectivity index (χ0v) is 17.6. The van der Waals surface area contributed by atoms with Crippen molar-refractivity contribution in [2.45, 2.75) is 26.2 Å². The Labute approximate surface area is 179 Å². The highest BCUT2D eigenvalue weighted by molar-refractivity contribution is 6.01. The molecule has 0 radical (unpaired) electrons. The molecule has 3 aromatic carbocycles. The molecule has 0 spiro atoms. The van der Waals surface area contributed by atoms with Crippen molar-refractivity contribution in [3.63, 3.8) is 0 Å². The second-order valence-corrected chi connectivity index (χ2v) is 8.47.